The normalized spacial score (nSPS) is 13.8. The van der Waals surface area contributed by atoms with Crippen LogP contribution in [0.1, 0.15) is 19.8 Å². The second kappa shape index (κ2) is 4.37. The van der Waals surface area contributed by atoms with Crippen molar-refractivity contribution in [3.8, 4) is 0 Å². The predicted molar refractivity (Wildman–Crippen MR) is 45.4 cm³/mol. The molecule has 0 rings (SSSR count). The fourth-order valence-corrected chi connectivity index (χ4v) is 1.75. The van der Waals surface area contributed by atoms with E-state index in [0.29, 0.717) is 6.42 Å². The maximum Gasteiger partial charge on any atom is 0.275 e. The minimum atomic E-state index is -4.26. The molecule has 12 heavy (non-hydrogen) atoms. The predicted octanol–water partition coefficient (Wildman–Crippen LogP) is 0.798. The average molecular weight is 192 g/mol. The Hall–Kier alpha value is -0.680. The number of hydrogen-bond acceptors (Lipinski definition) is 3. The minimum Gasteiger partial charge on any atom is -0.293 e. The van der Waals surface area contributed by atoms with Crippen LogP contribution >= 0.6 is 0 Å². The summed E-state index contributed by atoms with van der Waals surface area (Å²) in [5.74, 6) is -0.653. The molecule has 0 bridgehead atoms. The molecule has 1 unspecified atom stereocenters. The van der Waals surface area contributed by atoms with Crippen LogP contribution in [0.5, 0.6) is 0 Å². The summed E-state index contributed by atoms with van der Waals surface area (Å²) < 4.78 is 29.8. The van der Waals surface area contributed by atoms with Crippen molar-refractivity contribution in [3.63, 3.8) is 0 Å². The lowest BCUT2D eigenvalue weighted by molar-refractivity contribution is -0.114. The third-order valence-electron chi connectivity index (χ3n) is 1.43. The molecule has 0 amide bonds. The average Bonchev–Trinajstić information content (AvgIpc) is 1.96. The Morgan fingerprint density at radius 1 is 1.67 bits per heavy atom. The van der Waals surface area contributed by atoms with Gasteiger partial charge in [-0.15, -0.1) is 0 Å². The second-order valence-corrected chi connectivity index (χ2v) is 4.00. The molecule has 4 nitrogen and oxygen atoms in total. The van der Waals surface area contributed by atoms with E-state index in [1.165, 1.54) is 0 Å². The van der Waals surface area contributed by atoms with Crippen LogP contribution < -0.4 is 0 Å². The van der Waals surface area contributed by atoms with Gasteiger partial charge in [0.1, 0.15) is 5.25 Å². The molecule has 0 heterocycles. The van der Waals surface area contributed by atoms with Gasteiger partial charge in [-0.2, -0.15) is 8.42 Å². The van der Waals surface area contributed by atoms with Gasteiger partial charge in [0, 0.05) is 0 Å². The van der Waals surface area contributed by atoms with Gasteiger partial charge >= 0.3 is 0 Å². The SMILES string of the molecule is C=CC(=O)C(CCC)S(=O)(=O)O. The van der Waals surface area contributed by atoms with Crippen LogP contribution in [-0.2, 0) is 14.9 Å². The summed E-state index contributed by atoms with van der Waals surface area (Å²) >= 11 is 0. The Balaban J connectivity index is 4.67. The highest BCUT2D eigenvalue weighted by Crippen LogP contribution is 2.08. The highest BCUT2D eigenvalue weighted by atomic mass is 32.2. The first-order chi connectivity index (χ1) is 5.43. The Morgan fingerprint density at radius 2 is 2.17 bits per heavy atom. The topological polar surface area (TPSA) is 71.4 Å². The lowest BCUT2D eigenvalue weighted by Gasteiger charge is -2.07. The van der Waals surface area contributed by atoms with Gasteiger partial charge in [-0.3, -0.25) is 9.35 Å². The number of carbonyl (C=O) groups is 1. The Morgan fingerprint density at radius 3 is 2.42 bits per heavy atom. The van der Waals surface area contributed by atoms with E-state index in [1.807, 2.05) is 0 Å². The van der Waals surface area contributed by atoms with Crippen molar-refractivity contribution < 1.29 is 17.8 Å². The van der Waals surface area contributed by atoms with Crippen molar-refractivity contribution in [3.05, 3.63) is 12.7 Å². The van der Waals surface area contributed by atoms with Crippen LogP contribution in [0.2, 0.25) is 0 Å². The van der Waals surface area contributed by atoms with Crippen molar-refractivity contribution in [1.82, 2.24) is 0 Å². The van der Waals surface area contributed by atoms with Gasteiger partial charge in [-0.1, -0.05) is 19.9 Å². The summed E-state index contributed by atoms with van der Waals surface area (Å²) in [5, 5.41) is -1.33. The molecule has 0 aliphatic heterocycles. The molecule has 1 atom stereocenters. The van der Waals surface area contributed by atoms with Crippen LogP contribution in [0, 0.1) is 0 Å². The number of rotatable bonds is 5. The molecule has 0 aliphatic rings. The van der Waals surface area contributed by atoms with Crippen molar-refractivity contribution >= 4 is 15.9 Å². The standard InChI is InChI=1S/C7H12O4S/c1-3-5-7(6(8)4-2)12(9,10)11/h4,7H,2-3,5H2,1H3,(H,9,10,11). The summed E-state index contributed by atoms with van der Waals surface area (Å²) in [4.78, 5) is 10.9. The van der Waals surface area contributed by atoms with E-state index >= 15 is 0 Å². The maximum absolute atomic E-state index is 10.9. The zero-order chi connectivity index (χ0) is 9.78. The molecule has 0 saturated carbocycles. The molecular weight excluding hydrogens is 180 g/mol. The van der Waals surface area contributed by atoms with Crippen molar-refractivity contribution in [2.75, 3.05) is 0 Å². The zero-order valence-corrected chi connectivity index (χ0v) is 7.67. The molecular formula is C7H12O4S. The maximum atomic E-state index is 10.9. The molecule has 70 valence electrons. The van der Waals surface area contributed by atoms with Crippen molar-refractivity contribution in [2.45, 2.75) is 25.0 Å². The molecule has 5 heteroatoms. The van der Waals surface area contributed by atoms with Gasteiger partial charge < -0.3 is 0 Å². The molecule has 0 fully saturated rings. The van der Waals surface area contributed by atoms with E-state index in [2.05, 4.69) is 6.58 Å². The molecule has 0 aliphatic carbocycles. The fraction of sp³-hybridized carbons (Fsp3) is 0.571. The molecule has 0 spiro atoms. The Bertz CT molecular complexity index is 265. The second-order valence-electron chi connectivity index (χ2n) is 2.40. The lowest BCUT2D eigenvalue weighted by atomic mass is 10.2. The van der Waals surface area contributed by atoms with E-state index in [9.17, 15) is 13.2 Å². The first-order valence-electron chi connectivity index (χ1n) is 3.56. The van der Waals surface area contributed by atoms with Crippen molar-refractivity contribution in [2.24, 2.45) is 0 Å². The van der Waals surface area contributed by atoms with E-state index < -0.39 is 21.2 Å². The highest BCUT2D eigenvalue weighted by Gasteiger charge is 2.27. The van der Waals surface area contributed by atoms with Gasteiger partial charge in [0.25, 0.3) is 10.1 Å². The van der Waals surface area contributed by atoms with E-state index in [-0.39, 0.29) is 6.42 Å². The van der Waals surface area contributed by atoms with Gasteiger partial charge in [0.05, 0.1) is 0 Å². The van der Waals surface area contributed by atoms with Gasteiger partial charge in [0.2, 0.25) is 0 Å². The lowest BCUT2D eigenvalue weighted by Crippen LogP contribution is -2.28. The van der Waals surface area contributed by atoms with E-state index in [4.69, 9.17) is 4.55 Å². The van der Waals surface area contributed by atoms with Crippen LogP contribution in [0.25, 0.3) is 0 Å². The molecule has 1 N–H and O–H groups in total. The van der Waals surface area contributed by atoms with Crippen LogP contribution in [-0.4, -0.2) is 24.0 Å². The van der Waals surface area contributed by atoms with Crippen molar-refractivity contribution in [1.29, 1.82) is 0 Å². The summed E-state index contributed by atoms with van der Waals surface area (Å²) in [5.41, 5.74) is 0. The van der Waals surface area contributed by atoms with Gasteiger partial charge in [0.15, 0.2) is 5.78 Å². The van der Waals surface area contributed by atoms with E-state index in [1.54, 1.807) is 6.92 Å². The molecule has 0 aromatic rings. The Labute approximate surface area is 72.0 Å². The number of hydrogen-bond donors (Lipinski definition) is 1. The van der Waals surface area contributed by atoms with Crippen LogP contribution in [0.15, 0.2) is 12.7 Å². The van der Waals surface area contributed by atoms with Gasteiger partial charge in [-0.25, -0.2) is 0 Å². The monoisotopic (exact) mass is 192 g/mol. The smallest absolute Gasteiger partial charge is 0.275 e. The number of allylic oxidation sites excluding steroid dienone is 1. The first kappa shape index (κ1) is 11.3. The molecule has 0 aromatic heterocycles. The fourth-order valence-electron chi connectivity index (χ4n) is 0.832. The largest absolute Gasteiger partial charge is 0.293 e. The summed E-state index contributed by atoms with van der Waals surface area (Å²) in [6.07, 6.45) is 1.56. The van der Waals surface area contributed by atoms with Crippen LogP contribution in [0.4, 0.5) is 0 Å². The molecule has 0 aromatic carbocycles. The first-order valence-corrected chi connectivity index (χ1v) is 5.06. The number of ketones is 1. The summed E-state index contributed by atoms with van der Waals surface area (Å²) in [6.45, 7) is 4.88. The van der Waals surface area contributed by atoms with Crippen LogP contribution in [0.3, 0.4) is 0 Å². The molecule has 0 radical (unpaired) electrons. The highest BCUT2D eigenvalue weighted by molar-refractivity contribution is 7.87. The summed E-state index contributed by atoms with van der Waals surface area (Å²) in [6, 6.07) is 0. The minimum absolute atomic E-state index is 0.129. The third kappa shape index (κ3) is 3.15. The quantitative estimate of drug-likeness (QED) is 0.516. The zero-order valence-electron chi connectivity index (χ0n) is 6.86. The third-order valence-corrected chi connectivity index (χ3v) is 2.62. The summed E-state index contributed by atoms with van der Waals surface area (Å²) in [7, 11) is -4.26. The van der Waals surface area contributed by atoms with Gasteiger partial charge in [-0.05, 0) is 12.5 Å². The number of carbonyl (C=O) groups excluding carboxylic acids is 1. The Kier molecular flexibility index (Phi) is 4.12. The van der Waals surface area contributed by atoms with E-state index in [0.717, 1.165) is 6.08 Å². The molecule has 0 saturated heterocycles.